The first-order chi connectivity index (χ1) is 9.60. The van der Waals surface area contributed by atoms with Crippen LogP contribution < -0.4 is 16.6 Å². The van der Waals surface area contributed by atoms with Gasteiger partial charge in [-0.15, -0.1) is 0 Å². The van der Waals surface area contributed by atoms with Crippen LogP contribution in [-0.2, 0) is 0 Å². The van der Waals surface area contributed by atoms with Gasteiger partial charge < -0.3 is 10.7 Å². The molecule has 0 saturated heterocycles. The molecule has 4 N–H and O–H groups in total. The number of anilines is 2. The molecule has 0 aliphatic rings. The van der Waals surface area contributed by atoms with Crippen molar-refractivity contribution in [3.8, 4) is 0 Å². The largest absolute Gasteiger partial charge is 0.320 e. The number of hydrogen-bond acceptors (Lipinski definition) is 7. The zero-order valence-electron chi connectivity index (χ0n) is 10.1. The first-order valence-electron chi connectivity index (χ1n) is 5.44. The summed E-state index contributed by atoms with van der Waals surface area (Å²) in [5, 5.41) is 13.1. The Labute approximate surface area is 113 Å². The van der Waals surface area contributed by atoms with Crippen molar-refractivity contribution in [3.63, 3.8) is 0 Å². The van der Waals surface area contributed by atoms with Crippen LogP contribution in [-0.4, -0.2) is 20.8 Å². The van der Waals surface area contributed by atoms with Crippen LogP contribution >= 0.6 is 0 Å². The van der Waals surface area contributed by atoms with Gasteiger partial charge in [-0.05, 0) is 6.07 Å². The molecule has 0 atom stereocenters. The van der Waals surface area contributed by atoms with Crippen molar-refractivity contribution in [1.29, 1.82) is 0 Å². The smallest absolute Gasteiger partial charge is 0.275 e. The number of nitrogens with two attached hydrogens (primary N) is 1. The number of non-ortho nitro benzene ring substituents is 1. The molecule has 0 aliphatic carbocycles. The van der Waals surface area contributed by atoms with E-state index in [1.54, 1.807) is 0 Å². The summed E-state index contributed by atoms with van der Waals surface area (Å²) in [6, 6.07) is 5.59. The third kappa shape index (κ3) is 3.03. The molecular formula is C11H10N6O3. The van der Waals surface area contributed by atoms with Crippen LogP contribution in [0.25, 0.3) is 0 Å². The van der Waals surface area contributed by atoms with Gasteiger partial charge in [-0.3, -0.25) is 14.9 Å². The molecular weight excluding hydrogens is 264 g/mol. The van der Waals surface area contributed by atoms with Crippen LogP contribution in [0.15, 0.2) is 36.7 Å². The predicted octanol–water partition coefficient (Wildman–Crippen LogP) is 0.923. The van der Waals surface area contributed by atoms with E-state index in [4.69, 9.17) is 5.84 Å². The summed E-state index contributed by atoms with van der Waals surface area (Å²) in [4.78, 5) is 29.6. The van der Waals surface area contributed by atoms with E-state index in [9.17, 15) is 14.9 Å². The summed E-state index contributed by atoms with van der Waals surface area (Å²) in [7, 11) is 0. The molecule has 0 unspecified atom stereocenters. The lowest BCUT2D eigenvalue weighted by atomic mass is 10.2. The van der Waals surface area contributed by atoms with Crippen molar-refractivity contribution in [2.24, 2.45) is 5.84 Å². The SMILES string of the molecule is NNc1cnc(C(=O)Nc2cccc([N+](=O)[O-])c2)cn1. The molecule has 1 heterocycles. The van der Waals surface area contributed by atoms with Gasteiger partial charge in [0, 0.05) is 17.8 Å². The summed E-state index contributed by atoms with van der Waals surface area (Å²) >= 11 is 0. The van der Waals surface area contributed by atoms with Crippen molar-refractivity contribution in [2.45, 2.75) is 0 Å². The summed E-state index contributed by atoms with van der Waals surface area (Å²) in [5.41, 5.74) is 2.53. The van der Waals surface area contributed by atoms with Crippen LogP contribution in [0, 0.1) is 10.1 Å². The zero-order chi connectivity index (χ0) is 14.5. The number of amides is 1. The Morgan fingerprint density at radius 1 is 1.30 bits per heavy atom. The summed E-state index contributed by atoms with van der Waals surface area (Å²) in [5.74, 6) is 4.92. The number of nitrogens with zero attached hydrogens (tertiary/aromatic N) is 3. The van der Waals surface area contributed by atoms with Crippen molar-refractivity contribution in [1.82, 2.24) is 9.97 Å². The minimum atomic E-state index is -0.544. The summed E-state index contributed by atoms with van der Waals surface area (Å²) < 4.78 is 0. The molecule has 0 spiro atoms. The van der Waals surface area contributed by atoms with Gasteiger partial charge in [-0.25, -0.2) is 15.8 Å². The van der Waals surface area contributed by atoms with E-state index in [0.29, 0.717) is 11.5 Å². The molecule has 9 nitrogen and oxygen atoms in total. The van der Waals surface area contributed by atoms with Crippen LogP contribution in [0.3, 0.4) is 0 Å². The first kappa shape index (κ1) is 13.4. The third-order valence-corrected chi connectivity index (χ3v) is 2.35. The maximum absolute atomic E-state index is 11.9. The first-order valence-corrected chi connectivity index (χ1v) is 5.44. The predicted molar refractivity (Wildman–Crippen MR) is 70.9 cm³/mol. The Bertz CT molecular complexity index is 643. The molecule has 1 amide bonds. The van der Waals surface area contributed by atoms with E-state index in [1.807, 2.05) is 0 Å². The van der Waals surface area contributed by atoms with E-state index in [0.717, 1.165) is 0 Å². The number of benzene rings is 1. The molecule has 9 heteroatoms. The lowest BCUT2D eigenvalue weighted by Gasteiger charge is -2.04. The molecule has 0 bridgehead atoms. The van der Waals surface area contributed by atoms with Gasteiger partial charge in [0.1, 0.15) is 5.69 Å². The van der Waals surface area contributed by atoms with Crippen LogP contribution in [0.2, 0.25) is 0 Å². The highest BCUT2D eigenvalue weighted by molar-refractivity contribution is 6.02. The highest BCUT2D eigenvalue weighted by Gasteiger charge is 2.11. The molecule has 1 aromatic heterocycles. The van der Waals surface area contributed by atoms with Gasteiger partial charge in [-0.1, -0.05) is 6.07 Å². The van der Waals surface area contributed by atoms with Crippen LogP contribution in [0.4, 0.5) is 17.2 Å². The van der Waals surface area contributed by atoms with Crippen molar-refractivity contribution in [2.75, 3.05) is 10.7 Å². The van der Waals surface area contributed by atoms with Crippen molar-refractivity contribution < 1.29 is 9.72 Å². The molecule has 0 radical (unpaired) electrons. The highest BCUT2D eigenvalue weighted by atomic mass is 16.6. The second kappa shape index (κ2) is 5.71. The number of nitrogen functional groups attached to an aromatic ring is 1. The maximum atomic E-state index is 11.9. The number of rotatable bonds is 4. The summed E-state index contributed by atoms with van der Waals surface area (Å²) in [6.07, 6.45) is 2.53. The monoisotopic (exact) mass is 274 g/mol. The van der Waals surface area contributed by atoms with Crippen LogP contribution in [0.1, 0.15) is 10.5 Å². The number of carbonyl (C=O) groups excluding carboxylic acids is 1. The number of nitrogens with one attached hydrogen (secondary N) is 2. The Hall–Kier alpha value is -3.07. The second-order valence-electron chi connectivity index (χ2n) is 3.69. The number of nitro benzene ring substituents is 1. The van der Waals surface area contributed by atoms with Crippen molar-refractivity contribution in [3.05, 3.63) is 52.5 Å². The van der Waals surface area contributed by atoms with Gasteiger partial charge in [0.05, 0.1) is 17.3 Å². The van der Waals surface area contributed by atoms with Crippen molar-refractivity contribution >= 4 is 23.1 Å². The highest BCUT2D eigenvalue weighted by Crippen LogP contribution is 2.17. The fourth-order valence-electron chi connectivity index (χ4n) is 1.41. The minimum absolute atomic E-state index is 0.0653. The lowest BCUT2D eigenvalue weighted by Crippen LogP contribution is -2.15. The average molecular weight is 274 g/mol. The molecule has 20 heavy (non-hydrogen) atoms. The Kier molecular flexibility index (Phi) is 3.82. The van der Waals surface area contributed by atoms with Gasteiger partial charge >= 0.3 is 0 Å². The number of hydrogen-bond donors (Lipinski definition) is 3. The average Bonchev–Trinajstić information content (AvgIpc) is 2.47. The maximum Gasteiger partial charge on any atom is 0.275 e. The van der Waals surface area contributed by atoms with Gasteiger partial charge in [0.25, 0.3) is 11.6 Å². The number of carbonyl (C=O) groups is 1. The summed E-state index contributed by atoms with van der Waals surface area (Å²) in [6.45, 7) is 0. The van der Waals surface area contributed by atoms with Crippen LogP contribution in [0.5, 0.6) is 0 Å². The van der Waals surface area contributed by atoms with E-state index in [2.05, 4.69) is 20.7 Å². The van der Waals surface area contributed by atoms with E-state index in [1.165, 1.54) is 36.7 Å². The van der Waals surface area contributed by atoms with Gasteiger partial charge in [0.15, 0.2) is 5.82 Å². The van der Waals surface area contributed by atoms with Gasteiger partial charge in [0.2, 0.25) is 0 Å². The zero-order valence-corrected chi connectivity index (χ0v) is 10.1. The fourth-order valence-corrected chi connectivity index (χ4v) is 1.41. The Morgan fingerprint density at radius 3 is 2.70 bits per heavy atom. The normalized spacial score (nSPS) is 9.85. The lowest BCUT2D eigenvalue weighted by molar-refractivity contribution is -0.384. The Balaban J connectivity index is 2.14. The van der Waals surface area contributed by atoms with Gasteiger partial charge in [-0.2, -0.15) is 0 Å². The second-order valence-corrected chi connectivity index (χ2v) is 3.69. The molecule has 1 aromatic carbocycles. The molecule has 2 rings (SSSR count). The molecule has 0 fully saturated rings. The standard InChI is InChI=1S/C11H10N6O3/c12-16-10-6-13-9(5-14-10)11(18)15-7-2-1-3-8(4-7)17(19)20/h1-6H,12H2,(H,14,16)(H,15,18). The third-order valence-electron chi connectivity index (χ3n) is 2.35. The molecule has 2 aromatic rings. The molecule has 0 aliphatic heterocycles. The quantitative estimate of drug-likeness (QED) is 0.428. The topological polar surface area (TPSA) is 136 Å². The number of aromatic nitrogens is 2. The van der Waals surface area contributed by atoms with E-state index < -0.39 is 10.8 Å². The number of hydrazine groups is 1. The van der Waals surface area contributed by atoms with E-state index >= 15 is 0 Å². The minimum Gasteiger partial charge on any atom is -0.320 e. The molecule has 0 saturated carbocycles. The fraction of sp³-hybridized carbons (Fsp3) is 0. The molecule has 102 valence electrons. The van der Waals surface area contributed by atoms with E-state index in [-0.39, 0.29) is 11.4 Å². The Morgan fingerprint density at radius 2 is 2.10 bits per heavy atom. The number of nitro groups is 1.